The lowest BCUT2D eigenvalue weighted by Gasteiger charge is -2.07. The Morgan fingerprint density at radius 1 is 1.07 bits per heavy atom. The van der Waals surface area contributed by atoms with Crippen LogP contribution in [0.4, 0.5) is 0 Å². The van der Waals surface area contributed by atoms with Gasteiger partial charge in [-0.2, -0.15) is 0 Å². The Hall–Kier alpha value is -1.29. The normalized spacial score (nSPS) is 10.3. The summed E-state index contributed by atoms with van der Waals surface area (Å²) in [6.45, 7) is 0. The Kier molecular flexibility index (Phi) is 2.77. The van der Waals surface area contributed by atoms with Crippen molar-refractivity contribution in [3.8, 4) is 11.6 Å². The van der Waals surface area contributed by atoms with Gasteiger partial charge in [-0.25, -0.2) is 4.98 Å². The molecule has 0 aliphatic heterocycles. The molecule has 0 aliphatic rings. The number of benzene rings is 1. The molecular formula is C11H10BrNO2. The fraction of sp³-hybridized carbons (Fsp3) is 0.182. The lowest BCUT2D eigenvalue weighted by Crippen LogP contribution is -1.91. The number of nitrogens with zero attached hydrogens (tertiary/aromatic N) is 1. The molecule has 0 atom stereocenters. The molecule has 15 heavy (non-hydrogen) atoms. The molecule has 2 aromatic rings. The SMILES string of the molecule is COc1ccc2c(OC)ccc(Br)c2n1. The summed E-state index contributed by atoms with van der Waals surface area (Å²) >= 11 is 3.45. The summed E-state index contributed by atoms with van der Waals surface area (Å²) in [5.74, 6) is 1.40. The average molecular weight is 268 g/mol. The zero-order valence-electron chi connectivity index (χ0n) is 8.45. The first-order valence-electron chi connectivity index (χ1n) is 4.43. The Morgan fingerprint density at radius 3 is 2.53 bits per heavy atom. The van der Waals surface area contributed by atoms with Crippen molar-refractivity contribution in [2.75, 3.05) is 14.2 Å². The highest BCUT2D eigenvalue weighted by Crippen LogP contribution is 2.31. The van der Waals surface area contributed by atoms with Gasteiger partial charge in [-0.05, 0) is 34.1 Å². The maximum atomic E-state index is 5.25. The van der Waals surface area contributed by atoms with E-state index in [0.29, 0.717) is 5.88 Å². The van der Waals surface area contributed by atoms with Crippen LogP contribution >= 0.6 is 15.9 Å². The van der Waals surface area contributed by atoms with Crippen LogP contribution in [-0.2, 0) is 0 Å². The van der Waals surface area contributed by atoms with Crippen molar-refractivity contribution in [3.05, 3.63) is 28.7 Å². The molecule has 0 amide bonds. The van der Waals surface area contributed by atoms with E-state index in [9.17, 15) is 0 Å². The second kappa shape index (κ2) is 4.06. The Bertz CT molecular complexity index is 499. The summed E-state index contributed by atoms with van der Waals surface area (Å²) in [6, 6.07) is 7.57. The van der Waals surface area contributed by atoms with Crippen molar-refractivity contribution in [1.82, 2.24) is 4.98 Å². The summed E-state index contributed by atoms with van der Waals surface area (Å²) in [7, 11) is 3.25. The van der Waals surface area contributed by atoms with Gasteiger partial charge in [0.1, 0.15) is 5.75 Å². The lowest BCUT2D eigenvalue weighted by molar-refractivity contribution is 0.399. The maximum absolute atomic E-state index is 5.25. The molecule has 3 nitrogen and oxygen atoms in total. The topological polar surface area (TPSA) is 31.4 Å². The molecule has 0 aliphatic carbocycles. The zero-order chi connectivity index (χ0) is 10.8. The number of fused-ring (bicyclic) bond motifs is 1. The van der Waals surface area contributed by atoms with Gasteiger partial charge < -0.3 is 9.47 Å². The van der Waals surface area contributed by atoms with Gasteiger partial charge in [0.25, 0.3) is 0 Å². The van der Waals surface area contributed by atoms with E-state index < -0.39 is 0 Å². The van der Waals surface area contributed by atoms with E-state index in [1.165, 1.54) is 0 Å². The van der Waals surface area contributed by atoms with Crippen LogP contribution < -0.4 is 9.47 Å². The van der Waals surface area contributed by atoms with E-state index in [-0.39, 0.29) is 0 Å². The second-order valence-electron chi connectivity index (χ2n) is 3.00. The van der Waals surface area contributed by atoms with E-state index >= 15 is 0 Å². The third kappa shape index (κ3) is 1.77. The molecule has 0 spiro atoms. The average Bonchev–Trinajstić information content (AvgIpc) is 2.29. The minimum atomic E-state index is 0.594. The van der Waals surface area contributed by atoms with Gasteiger partial charge in [0.2, 0.25) is 5.88 Å². The Labute approximate surface area is 96.2 Å². The summed E-state index contributed by atoms with van der Waals surface area (Å²) < 4.78 is 11.3. The summed E-state index contributed by atoms with van der Waals surface area (Å²) in [5, 5.41) is 0.965. The Balaban J connectivity index is 2.75. The monoisotopic (exact) mass is 267 g/mol. The molecular weight excluding hydrogens is 258 g/mol. The number of ether oxygens (including phenoxy) is 2. The van der Waals surface area contributed by atoms with E-state index in [1.54, 1.807) is 14.2 Å². The smallest absolute Gasteiger partial charge is 0.213 e. The second-order valence-corrected chi connectivity index (χ2v) is 3.85. The highest BCUT2D eigenvalue weighted by molar-refractivity contribution is 9.10. The highest BCUT2D eigenvalue weighted by Gasteiger charge is 2.07. The molecule has 1 heterocycles. The standard InChI is InChI=1S/C11H10BrNO2/c1-14-9-5-4-8(12)11-7(9)3-6-10(13-11)15-2/h3-6H,1-2H3. The largest absolute Gasteiger partial charge is 0.496 e. The van der Waals surface area contributed by atoms with Crippen LogP contribution in [0, 0.1) is 0 Å². The molecule has 0 N–H and O–H groups in total. The first kappa shape index (κ1) is 10.2. The van der Waals surface area contributed by atoms with Gasteiger partial charge in [0.15, 0.2) is 0 Å². The van der Waals surface area contributed by atoms with Gasteiger partial charge >= 0.3 is 0 Å². The van der Waals surface area contributed by atoms with Gasteiger partial charge in [0.05, 0.1) is 19.7 Å². The number of aromatic nitrogens is 1. The van der Waals surface area contributed by atoms with Crippen molar-refractivity contribution < 1.29 is 9.47 Å². The van der Waals surface area contributed by atoms with Crippen LogP contribution in [0.15, 0.2) is 28.7 Å². The van der Waals surface area contributed by atoms with E-state index in [2.05, 4.69) is 20.9 Å². The van der Waals surface area contributed by atoms with Crippen LogP contribution in [0.3, 0.4) is 0 Å². The highest BCUT2D eigenvalue weighted by atomic mass is 79.9. The summed E-state index contributed by atoms with van der Waals surface area (Å²) in [4.78, 5) is 4.35. The van der Waals surface area contributed by atoms with Gasteiger partial charge in [-0.3, -0.25) is 0 Å². The molecule has 1 aromatic carbocycles. The quantitative estimate of drug-likeness (QED) is 0.838. The molecule has 0 radical (unpaired) electrons. The first-order chi connectivity index (χ1) is 7.26. The minimum Gasteiger partial charge on any atom is -0.496 e. The third-order valence-corrected chi connectivity index (χ3v) is 2.81. The van der Waals surface area contributed by atoms with Crippen LogP contribution in [0.5, 0.6) is 11.6 Å². The van der Waals surface area contributed by atoms with Crippen molar-refractivity contribution in [2.24, 2.45) is 0 Å². The minimum absolute atomic E-state index is 0.594. The number of halogens is 1. The lowest BCUT2D eigenvalue weighted by atomic mass is 10.2. The van der Waals surface area contributed by atoms with Crippen LogP contribution in [0.2, 0.25) is 0 Å². The van der Waals surface area contributed by atoms with Crippen molar-refractivity contribution >= 4 is 26.8 Å². The van der Waals surface area contributed by atoms with Crippen molar-refractivity contribution in [3.63, 3.8) is 0 Å². The fourth-order valence-electron chi connectivity index (χ4n) is 1.43. The molecule has 1 aromatic heterocycles. The molecule has 78 valence electrons. The van der Waals surface area contributed by atoms with E-state index in [1.807, 2.05) is 24.3 Å². The number of hydrogen-bond donors (Lipinski definition) is 0. The summed E-state index contributed by atoms with van der Waals surface area (Å²) in [5.41, 5.74) is 0.841. The first-order valence-corrected chi connectivity index (χ1v) is 5.23. The molecule has 0 bridgehead atoms. The van der Waals surface area contributed by atoms with Crippen molar-refractivity contribution in [2.45, 2.75) is 0 Å². The fourth-order valence-corrected chi connectivity index (χ4v) is 1.87. The number of hydrogen-bond acceptors (Lipinski definition) is 3. The molecule has 0 fully saturated rings. The molecule has 4 heteroatoms. The predicted octanol–water partition coefficient (Wildman–Crippen LogP) is 3.01. The molecule has 0 saturated carbocycles. The van der Waals surface area contributed by atoms with E-state index in [4.69, 9.17) is 9.47 Å². The van der Waals surface area contributed by atoms with Gasteiger partial charge in [-0.1, -0.05) is 0 Å². The van der Waals surface area contributed by atoms with Gasteiger partial charge in [0, 0.05) is 15.9 Å². The summed E-state index contributed by atoms with van der Waals surface area (Å²) in [6.07, 6.45) is 0. The third-order valence-electron chi connectivity index (χ3n) is 2.17. The molecule has 2 rings (SSSR count). The van der Waals surface area contributed by atoms with Gasteiger partial charge in [-0.15, -0.1) is 0 Å². The molecule has 0 saturated heterocycles. The number of methoxy groups -OCH3 is 2. The molecule has 0 unspecified atom stereocenters. The van der Waals surface area contributed by atoms with Crippen LogP contribution in [0.1, 0.15) is 0 Å². The number of pyridine rings is 1. The zero-order valence-corrected chi connectivity index (χ0v) is 10.0. The predicted molar refractivity (Wildman–Crippen MR) is 62.5 cm³/mol. The maximum Gasteiger partial charge on any atom is 0.213 e. The number of rotatable bonds is 2. The Morgan fingerprint density at radius 2 is 1.87 bits per heavy atom. The van der Waals surface area contributed by atoms with E-state index in [0.717, 1.165) is 21.1 Å². The van der Waals surface area contributed by atoms with Crippen molar-refractivity contribution in [1.29, 1.82) is 0 Å². The van der Waals surface area contributed by atoms with Crippen LogP contribution in [0.25, 0.3) is 10.9 Å². The van der Waals surface area contributed by atoms with Crippen LogP contribution in [-0.4, -0.2) is 19.2 Å².